The van der Waals surface area contributed by atoms with E-state index < -0.39 is 0 Å². The van der Waals surface area contributed by atoms with E-state index in [1.54, 1.807) is 47.4 Å². The molecule has 0 atom stereocenters. The lowest BCUT2D eigenvalue weighted by Gasteiger charge is -2.15. The largest absolute Gasteiger partial charge is 0.484 e. The van der Waals surface area contributed by atoms with Gasteiger partial charge in [-0.3, -0.25) is 9.59 Å². The van der Waals surface area contributed by atoms with Crippen LogP contribution in [0.15, 0.2) is 64.1 Å². The van der Waals surface area contributed by atoms with E-state index >= 15 is 0 Å². The number of nitrogens with zero attached hydrogens (tertiary/aromatic N) is 2. The standard InChI is InChI=1S/C24H22ClN3O4/c1-16-4-2-5-21(25)23(16)31-15-20-12-11-19(32-20)14-26-27-24(30)17-7-9-18(10-8-17)28-13-3-6-22(28)29/h2,4-5,7-12,14H,3,6,13,15H2,1H3,(H,27,30)/b26-14-. The molecule has 0 spiro atoms. The summed E-state index contributed by atoms with van der Waals surface area (Å²) in [6, 6.07) is 15.9. The average molecular weight is 452 g/mol. The van der Waals surface area contributed by atoms with Gasteiger partial charge < -0.3 is 14.1 Å². The van der Waals surface area contributed by atoms with E-state index in [1.807, 2.05) is 19.1 Å². The van der Waals surface area contributed by atoms with Crippen molar-refractivity contribution in [3.8, 4) is 5.75 Å². The van der Waals surface area contributed by atoms with E-state index in [-0.39, 0.29) is 18.4 Å². The number of rotatable bonds is 7. The van der Waals surface area contributed by atoms with Crippen LogP contribution in [0.1, 0.15) is 40.3 Å². The molecule has 0 bridgehead atoms. The predicted molar refractivity (Wildman–Crippen MR) is 122 cm³/mol. The topological polar surface area (TPSA) is 84.1 Å². The minimum Gasteiger partial charge on any atom is -0.484 e. The van der Waals surface area contributed by atoms with E-state index in [4.69, 9.17) is 20.8 Å². The van der Waals surface area contributed by atoms with Gasteiger partial charge in [0.2, 0.25) is 5.91 Å². The zero-order valence-electron chi connectivity index (χ0n) is 17.5. The van der Waals surface area contributed by atoms with Gasteiger partial charge >= 0.3 is 0 Å². The van der Waals surface area contributed by atoms with Crippen LogP contribution in [-0.2, 0) is 11.4 Å². The van der Waals surface area contributed by atoms with Crippen LogP contribution in [0.3, 0.4) is 0 Å². The van der Waals surface area contributed by atoms with Crippen molar-refractivity contribution in [3.05, 3.63) is 82.3 Å². The summed E-state index contributed by atoms with van der Waals surface area (Å²) in [6.07, 6.45) is 2.84. The van der Waals surface area contributed by atoms with Crippen molar-refractivity contribution in [1.29, 1.82) is 0 Å². The number of nitrogens with one attached hydrogen (secondary N) is 1. The van der Waals surface area contributed by atoms with Crippen molar-refractivity contribution in [2.75, 3.05) is 11.4 Å². The molecule has 3 aromatic rings. The van der Waals surface area contributed by atoms with Gasteiger partial charge in [-0.25, -0.2) is 5.43 Å². The number of amides is 2. The molecule has 2 amide bonds. The van der Waals surface area contributed by atoms with Crippen LogP contribution in [-0.4, -0.2) is 24.6 Å². The Bertz CT molecular complexity index is 1130. The SMILES string of the molecule is Cc1cccc(Cl)c1OCc1ccc(/C=N\NC(=O)c2ccc(N3CCCC3=O)cc2)o1. The Kier molecular flexibility index (Phi) is 6.56. The first-order valence-corrected chi connectivity index (χ1v) is 10.6. The van der Waals surface area contributed by atoms with E-state index in [9.17, 15) is 9.59 Å². The smallest absolute Gasteiger partial charge is 0.271 e. The molecule has 1 fully saturated rings. The van der Waals surface area contributed by atoms with E-state index in [1.165, 1.54) is 6.21 Å². The summed E-state index contributed by atoms with van der Waals surface area (Å²) < 4.78 is 11.4. The molecule has 1 aliphatic heterocycles. The fourth-order valence-electron chi connectivity index (χ4n) is 3.42. The van der Waals surface area contributed by atoms with Crippen LogP contribution in [0, 0.1) is 6.92 Å². The summed E-state index contributed by atoms with van der Waals surface area (Å²) in [4.78, 5) is 25.8. The Morgan fingerprint density at radius 2 is 2.03 bits per heavy atom. The van der Waals surface area contributed by atoms with Crippen LogP contribution in [0.5, 0.6) is 5.75 Å². The number of anilines is 1. The molecule has 32 heavy (non-hydrogen) atoms. The molecule has 0 aliphatic carbocycles. The molecular weight excluding hydrogens is 430 g/mol. The molecule has 7 nitrogen and oxygen atoms in total. The fourth-order valence-corrected chi connectivity index (χ4v) is 3.69. The van der Waals surface area contributed by atoms with Crippen molar-refractivity contribution in [2.24, 2.45) is 5.10 Å². The lowest BCUT2D eigenvalue weighted by molar-refractivity contribution is -0.117. The zero-order valence-corrected chi connectivity index (χ0v) is 18.3. The molecule has 164 valence electrons. The molecule has 0 radical (unpaired) electrons. The van der Waals surface area contributed by atoms with Crippen molar-refractivity contribution in [2.45, 2.75) is 26.4 Å². The van der Waals surface area contributed by atoms with Crippen LogP contribution in [0.2, 0.25) is 5.02 Å². The van der Waals surface area contributed by atoms with Crippen LogP contribution < -0.4 is 15.1 Å². The highest BCUT2D eigenvalue weighted by molar-refractivity contribution is 6.32. The molecule has 0 unspecified atom stereocenters. The molecule has 1 saturated heterocycles. The first kappa shape index (κ1) is 21.6. The Morgan fingerprint density at radius 1 is 1.22 bits per heavy atom. The molecule has 4 rings (SSSR count). The zero-order chi connectivity index (χ0) is 22.5. The summed E-state index contributed by atoms with van der Waals surface area (Å²) in [6.45, 7) is 2.85. The van der Waals surface area contributed by atoms with Crippen molar-refractivity contribution < 1.29 is 18.7 Å². The molecular formula is C24H22ClN3O4. The molecule has 2 heterocycles. The lowest BCUT2D eigenvalue weighted by atomic mass is 10.2. The summed E-state index contributed by atoms with van der Waals surface area (Å²) in [5.41, 5.74) is 4.65. The number of carbonyl (C=O) groups excluding carboxylic acids is 2. The van der Waals surface area contributed by atoms with Gasteiger partial charge in [-0.15, -0.1) is 0 Å². The Balaban J connectivity index is 1.30. The van der Waals surface area contributed by atoms with Gasteiger partial charge in [0.25, 0.3) is 5.91 Å². The average Bonchev–Trinajstić information content (AvgIpc) is 3.42. The van der Waals surface area contributed by atoms with Crippen LogP contribution in [0.4, 0.5) is 5.69 Å². The van der Waals surface area contributed by atoms with E-state index in [0.717, 1.165) is 17.7 Å². The van der Waals surface area contributed by atoms with Crippen LogP contribution >= 0.6 is 11.6 Å². The number of halogens is 1. The lowest BCUT2D eigenvalue weighted by Crippen LogP contribution is -2.24. The van der Waals surface area contributed by atoms with E-state index in [2.05, 4.69) is 10.5 Å². The Labute approximate surface area is 190 Å². The van der Waals surface area contributed by atoms with Gasteiger partial charge in [0.15, 0.2) is 0 Å². The molecule has 1 aromatic heterocycles. The highest BCUT2D eigenvalue weighted by Gasteiger charge is 2.21. The quantitative estimate of drug-likeness (QED) is 0.416. The van der Waals surface area contributed by atoms with Crippen molar-refractivity contribution >= 4 is 35.3 Å². The third-order valence-corrected chi connectivity index (χ3v) is 5.38. The number of para-hydroxylation sites is 1. The number of carbonyl (C=O) groups is 2. The third-order valence-electron chi connectivity index (χ3n) is 5.08. The first-order valence-electron chi connectivity index (χ1n) is 10.2. The van der Waals surface area contributed by atoms with Gasteiger partial charge in [-0.1, -0.05) is 23.7 Å². The Morgan fingerprint density at radius 3 is 2.75 bits per heavy atom. The number of furan rings is 1. The number of benzene rings is 2. The maximum Gasteiger partial charge on any atom is 0.271 e. The maximum absolute atomic E-state index is 12.3. The summed E-state index contributed by atoms with van der Waals surface area (Å²) in [5.74, 6) is 1.45. The van der Waals surface area contributed by atoms with Gasteiger partial charge in [0, 0.05) is 24.2 Å². The molecule has 8 heteroatoms. The number of hydrogen-bond acceptors (Lipinski definition) is 5. The first-order chi connectivity index (χ1) is 15.5. The molecule has 0 saturated carbocycles. The third kappa shape index (κ3) is 5.00. The minimum atomic E-state index is -0.357. The number of hydrazone groups is 1. The summed E-state index contributed by atoms with van der Waals surface area (Å²) in [7, 11) is 0. The summed E-state index contributed by atoms with van der Waals surface area (Å²) >= 11 is 6.16. The van der Waals surface area contributed by atoms with E-state index in [0.29, 0.717) is 40.8 Å². The van der Waals surface area contributed by atoms with Crippen molar-refractivity contribution in [3.63, 3.8) is 0 Å². The number of ether oxygens (including phenoxy) is 1. The molecule has 2 aromatic carbocycles. The second kappa shape index (κ2) is 9.70. The second-order valence-corrected chi connectivity index (χ2v) is 7.78. The molecule has 1 N–H and O–H groups in total. The predicted octanol–water partition coefficient (Wildman–Crippen LogP) is 4.71. The Hall–Kier alpha value is -3.58. The van der Waals surface area contributed by atoms with Gasteiger partial charge in [-0.2, -0.15) is 5.10 Å². The molecule has 1 aliphatic rings. The van der Waals surface area contributed by atoms with Gasteiger partial charge in [0.1, 0.15) is 23.9 Å². The number of hydrogen-bond donors (Lipinski definition) is 1. The monoisotopic (exact) mass is 451 g/mol. The second-order valence-electron chi connectivity index (χ2n) is 7.37. The normalized spacial score (nSPS) is 13.7. The highest BCUT2D eigenvalue weighted by atomic mass is 35.5. The highest BCUT2D eigenvalue weighted by Crippen LogP contribution is 2.28. The minimum absolute atomic E-state index is 0.108. The maximum atomic E-state index is 12.3. The van der Waals surface area contributed by atoms with Crippen molar-refractivity contribution in [1.82, 2.24) is 5.43 Å². The van der Waals surface area contributed by atoms with Gasteiger partial charge in [0.05, 0.1) is 11.2 Å². The fraction of sp³-hybridized carbons (Fsp3) is 0.208. The van der Waals surface area contributed by atoms with Crippen LogP contribution in [0.25, 0.3) is 0 Å². The number of aryl methyl sites for hydroxylation is 1. The summed E-state index contributed by atoms with van der Waals surface area (Å²) in [5, 5.41) is 4.49. The van der Waals surface area contributed by atoms with Gasteiger partial charge in [-0.05, 0) is 61.4 Å².